The van der Waals surface area contributed by atoms with E-state index in [9.17, 15) is 0 Å². The van der Waals surface area contributed by atoms with E-state index in [1.807, 2.05) is 60.8 Å². The molecule has 0 bridgehead atoms. The van der Waals surface area contributed by atoms with Gasteiger partial charge in [-0.25, -0.2) is 9.97 Å². The summed E-state index contributed by atoms with van der Waals surface area (Å²) < 4.78 is 8.01. The Hall–Kier alpha value is -3.34. The molecule has 0 radical (unpaired) electrons. The number of nitrogens with two attached hydrogens (primary N) is 1. The number of benzene rings is 2. The van der Waals surface area contributed by atoms with Gasteiger partial charge in [0.1, 0.15) is 34.4 Å². The summed E-state index contributed by atoms with van der Waals surface area (Å²) in [6.07, 6.45) is 6.05. The second kappa shape index (κ2) is 6.68. The van der Waals surface area contributed by atoms with Crippen LogP contribution >= 0.6 is 0 Å². The van der Waals surface area contributed by atoms with E-state index in [0.29, 0.717) is 11.7 Å². The number of rotatable bonds is 4. The molecular weight excluding hydrogens is 348 g/mol. The molecule has 1 saturated carbocycles. The van der Waals surface area contributed by atoms with Gasteiger partial charge >= 0.3 is 0 Å². The number of anilines is 1. The van der Waals surface area contributed by atoms with E-state index in [1.165, 1.54) is 12.8 Å². The molecule has 2 N–H and O–H groups in total. The Morgan fingerprint density at radius 2 is 1.71 bits per heavy atom. The molecule has 4 aromatic rings. The zero-order valence-corrected chi connectivity index (χ0v) is 15.7. The van der Waals surface area contributed by atoms with Gasteiger partial charge in [0.2, 0.25) is 0 Å². The third kappa shape index (κ3) is 2.89. The molecule has 5 heteroatoms. The molecule has 2 aromatic carbocycles. The maximum absolute atomic E-state index is 6.23. The average Bonchev–Trinajstić information content (AvgIpc) is 3.07. The standard InChI is InChI=1S/C23H22N4O/c1-15-13-17(14-15)23-26-20(21-22(24)25-11-12-27(21)23)16-7-9-19(10-8-16)28-18-5-3-2-4-6-18/h2-12,15,17H,13-14H2,1H3,(H2,24,25)/t15-,17-. The molecule has 28 heavy (non-hydrogen) atoms. The maximum atomic E-state index is 6.23. The minimum atomic E-state index is 0.485. The van der Waals surface area contributed by atoms with E-state index >= 15 is 0 Å². The van der Waals surface area contributed by atoms with Crippen molar-refractivity contribution >= 4 is 11.3 Å². The predicted molar refractivity (Wildman–Crippen MR) is 110 cm³/mol. The first-order valence-corrected chi connectivity index (χ1v) is 9.65. The largest absolute Gasteiger partial charge is 0.457 e. The van der Waals surface area contributed by atoms with Crippen molar-refractivity contribution in [3.8, 4) is 22.8 Å². The van der Waals surface area contributed by atoms with Crippen LogP contribution in [0, 0.1) is 5.92 Å². The van der Waals surface area contributed by atoms with Gasteiger partial charge in [0.15, 0.2) is 0 Å². The summed E-state index contributed by atoms with van der Waals surface area (Å²) in [4.78, 5) is 9.28. The second-order valence-electron chi connectivity index (χ2n) is 7.56. The summed E-state index contributed by atoms with van der Waals surface area (Å²) in [5, 5.41) is 0. The molecule has 1 aliphatic rings. The summed E-state index contributed by atoms with van der Waals surface area (Å²) in [5.74, 6) is 4.44. The van der Waals surface area contributed by atoms with Gasteiger partial charge in [0.05, 0.1) is 0 Å². The lowest BCUT2D eigenvalue weighted by molar-refractivity contribution is 0.277. The van der Waals surface area contributed by atoms with Crippen molar-refractivity contribution in [2.75, 3.05) is 5.73 Å². The summed E-state index contributed by atoms with van der Waals surface area (Å²) in [5.41, 5.74) is 9.00. The quantitative estimate of drug-likeness (QED) is 0.530. The Kier molecular flexibility index (Phi) is 4.01. The van der Waals surface area contributed by atoms with Crippen molar-refractivity contribution in [3.05, 3.63) is 72.8 Å². The van der Waals surface area contributed by atoms with Crippen LogP contribution in [0.2, 0.25) is 0 Å². The summed E-state index contributed by atoms with van der Waals surface area (Å²) >= 11 is 0. The van der Waals surface area contributed by atoms with Gasteiger partial charge < -0.3 is 10.5 Å². The van der Waals surface area contributed by atoms with Crippen LogP contribution in [0.3, 0.4) is 0 Å². The third-order valence-corrected chi connectivity index (χ3v) is 5.46. The molecule has 0 aliphatic heterocycles. The van der Waals surface area contributed by atoms with Gasteiger partial charge in [0.25, 0.3) is 0 Å². The molecule has 1 aliphatic carbocycles. The summed E-state index contributed by atoms with van der Waals surface area (Å²) in [6, 6.07) is 17.7. The van der Waals surface area contributed by atoms with Crippen LogP contribution in [-0.2, 0) is 0 Å². The van der Waals surface area contributed by atoms with E-state index in [4.69, 9.17) is 15.5 Å². The summed E-state index contributed by atoms with van der Waals surface area (Å²) in [7, 11) is 0. The topological polar surface area (TPSA) is 65.4 Å². The maximum Gasteiger partial charge on any atom is 0.150 e. The molecular formula is C23H22N4O. The average molecular weight is 370 g/mol. The molecule has 0 amide bonds. The molecule has 0 unspecified atom stereocenters. The van der Waals surface area contributed by atoms with Gasteiger partial charge in [-0.3, -0.25) is 4.40 Å². The second-order valence-corrected chi connectivity index (χ2v) is 7.56. The van der Waals surface area contributed by atoms with Crippen molar-refractivity contribution in [1.82, 2.24) is 14.4 Å². The van der Waals surface area contributed by atoms with Crippen molar-refractivity contribution in [2.45, 2.75) is 25.7 Å². The normalized spacial score (nSPS) is 18.8. The van der Waals surface area contributed by atoms with Gasteiger partial charge in [-0.2, -0.15) is 0 Å². The van der Waals surface area contributed by atoms with E-state index < -0.39 is 0 Å². The Morgan fingerprint density at radius 3 is 2.43 bits per heavy atom. The molecule has 5 nitrogen and oxygen atoms in total. The number of hydrogen-bond donors (Lipinski definition) is 1. The van der Waals surface area contributed by atoms with E-state index in [0.717, 1.165) is 40.0 Å². The lowest BCUT2D eigenvalue weighted by Crippen LogP contribution is -2.21. The first-order valence-electron chi connectivity index (χ1n) is 9.65. The van der Waals surface area contributed by atoms with Gasteiger partial charge in [0, 0.05) is 23.9 Å². The number of para-hydroxylation sites is 1. The Bertz CT molecular complexity index is 1110. The lowest BCUT2D eigenvalue weighted by Gasteiger charge is -2.31. The van der Waals surface area contributed by atoms with Crippen LogP contribution in [0.1, 0.15) is 31.5 Å². The highest BCUT2D eigenvalue weighted by molar-refractivity contribution is 5.85. The van der Waals surface area contributed by atoms with Gasteiger partial charge in [-0.05, 0) is 55.2 Å². The molecule has 0 atom stereocenters. The highest BCUT2D eigenvalue weighted by atomic mass is 16.5. The minimum absolute atomic E-state index is 0.485. The minimum Gasteiger partial charge on any atom is -0.457 e. The van der Waals surface area contributed by atoms with Crippen LogP contribution in [0.25, 0.3) is 16.8 Å². The smallest absolute Gasteiger partial charge is 0.150 e. The fourth-order valence-corrected chi connectivity index (χ4v) is 3.99. The number of nitrogen functional groups attached to an aromatic ring is 1. The highest BCUT2D eigenvalue weighted by Gasteiger charge is 2.31. The molecule has 140 valence electrons. The lowest BCUT2D eigenvalue weighted by atomic mass is 9.76. The highest BCUT2D eigenvalue weighted by Crippen LogP contribution is 2.42. The Morgan fingerprint density at radius 1 is 1.00 bits per heavy atom. The molecule has 0 saturated heterocycles. The molecule has 5 rings (SSSR count). The monoisotopic (exact) mass is 370 g/mol. The zero-order chi connectivity index (χ0) is 19.1. The first-order chi connectivity index (χ1) is 13.7. The van der Waals surface area contributed by atoms with E-state index in [1.54, 1.807) is 6.20 Å². The SMILES string of the molecule is C[C@H]1C[C@H](c2nc(-c3ccc(Oc4ccccc4)cc3)c3c(N)nccn32)C1. The van der Waals surface area contributed by atoms with Crippen LogP contribution in [0.5, 0.6) is 11.5 Å². The molecule has 0 spiro atoms. The van der Waals surface area contributed by atoms with Crippen molar-refractivity contribution in [2.24, 2.45) is 5.92 Å². The number of fused-ring (bicyclic) bond motifs is 1. The third-order valence-electron chi connectivity index (χ3n) is 5.46. The number of aromatic nitrogens is 3. The van der Waals surface area contributed by atoms with Crippen LogP contribution in [0.15, 0.2) is 67.0 Å². The van der Waals surface area contributed by atoms with Crippen molar-refractivity contribution < 1.29 is 4.74 Å². The number of ether oxygens (including phenoxy) is 1. The summed E-state index contributed by atoms with van der Waals surface area (Å²) in [6.45, 7) is 2.29. The van der Waals surface area contributed by atoms with Crippen LogP contribution in [-0.4, -0.2) is 14.4 Å². The predicted octanol–water partition coefficient (Wildman–Crippen LogP) is 5.28. The first kappa shape index (κ1) is 16.8. The number of imidazole rings is 1. The van der Waals surface area contributed by atoms with Gasteiger partial charge in [-0.15, -0.1) is 0 Å². The number of hydrogen-bond acceptors (Lipinski definition) is 4. The molecule has 2 heterocycles. The Labute approximate surface area is 163 Å². The van der Waals surface area contributed by atoms with Gasteiger partial charge in [-0.1, -0.05) is 25.1 Å². The van der Waals surface area contributed by atoms with E-state index in [-0.39, 0.29) is 0 Å². The van der Waals surface area contributed by atoms with Crippen LogP contribution in [0.4, 0.5) is 5.82 Å². The number of nitrogens with zero attached hydrogens (tertiary/aromatic N) is 3. The Balaban J connectivity index is 1.52. The van der Waals surface area contributed by atoms with Crippen molar-refractivity contribution in [3.63, 3.8) is 0 Å². The fraction of sp³-hybridized carbons (Fsp3) is 0.217. The fourth-order valence-electron chi connectivity index (χ4n) is 3.99. The molecule has 1 fully saturated rings. The zero-order valence-electron chi connectivity index (χ0n) is 15.7. The van der Waals surface area contributed by atoms with Crippen molar-refractivity contribution in [1.29, 1.82) is 0 Å². The van der Waals surface area contributed by atoms with E-state index in [2.05, 4.69) is 16.3 Å². The molecule has 2 aromatic heterocycles. The van der Waals surface area contributed by atoms with Crippen LogP contribution < -0.4 is 10.5 Å².